The van der Waals surface area contributed by atoms with E-state index in [1.165, 1.54) is 257 Å². The van der Waals surface area contributed by atoms with Crippen LogP contribution in [0.3, 0.4) is 0 Å². The average Bonchev–Trinajstić information content (AvgIpc) is 1.61. The minimum Gasteiger partial charge on any atom is -0.459 e. The van der Waals surface area contributed by atoms with Crippen LogP contribution in [0.1, 0.15) is 600 Å². The quantitative estimate of drug-likeness (QED) is 0.0475. The standard InChI is InChI=1S/C122H238O8/c1-92(2)50-32-56-98(13)62-38-68-104(19)74-44-86-117(26,124)111-80-81-113(126-111)120(29,89-47-77-107(22)71-41-65-101(16)59-35-53-95(7)8)130-122(31,91-49-79-109(24)73-43-67-103(18)61-37-55-97(11)12)115-83-82-114(127-115)121(30,90-48-78-108(23)72-42-66-102(17)60-36-54-96(9)10)129-119(28,88-46-76-106(21)70-40-64-100(15)58-34-52-94(5)6)112(125-110(25)123)84-85-116-118(27,128-116)87-45-75-105(20)69-39-63-99(14)57-33-51-93(3)4/h92-109,111-116,124H,32-91H2,1-31H3. The van der Waals surface area contributed by atoms with Crippen LogP contribution < -0.4 is 0 Å². The van der Waals surface area contributed by atoms with E-state index < -0.39 is 34.1 Å². The van der Waals surface area contributed by atoms with Crippen LogP contribution in [0.4, 0.5) is 0 Å². The molecule has 8 heteroatoms. The van der Waals surface area contributed by atoms with Gasteiger partial charge in [0.25, 0.3) is 0 Å². The SMILES string of the molecule is CC(=O)OC(CCC1OC1(C)CCCC(C)CCCC(C)CCCC(C)C)C(C)(CCCC(C)CCCC(C)CCCC(C)C)OC(C)(CCCC(C)CCCC(C)CCCC(C)C)C1CCC(C(C)(CCCC(C)CCCC(C)CCCC(C)C)OC(C)(CCCC(C)CCCC(C)CCCC(C)C)C2CCC(C(C)(O)CCCC(C)CCCC(C)CCCC(C)C)O2)O1. The molecule has 3 fully saturated rings. The maximum absolute atomic E-state index is 14.1. The molecular weight excluding hydrogens is 1590 g/mol. The molecule has 0 spiro atoms. The van der Waals surface area contributed by atoms with Crippen LogP contribution in [0.25, 0.3) is 0 Å². The van der Waals surface area contributed by atoms with E-state index in [4.69, 9.17) is 28.4 Å². The van der Waals surface area contributed by atoms with E-state index in [2.05, 4.69) is 208 Å². The normalized spacial score (nSPS) is 23.6. The third kappa shape index (κ3) is 55.4. The number of hydrogen-bond donors (Lipinski definition) is 1. The Morgan fingerprint density at radius 3 is 0.769 bits per heavy atom. The molecular formula is C122H238O8. The molecule has 3 heterocycles. The van der Waals surface area contributed by atoms with E-state index in [-0.39, 0.29) is 42.1 Å². The van der Waals surface area contributed by atoms with Crippen LogP contribution in [0.2, 0.25) is 0 Å². The number of carbonyl (C=O) groups is 1. The molecule has 1 N–H and O–H groups in total. The zero-order chi connectivity index (χ0) is 97.1. The van der Waals surface area contributed by atoms with E-state index >= 15 is 0 Å². The minimum atomic E-state index is -0.927. The van der Waals surface area contributed by atoms with Crippen LogP contribution in [-0.2, 0) is 33.2 Å². The molecule has 0 bridgehead atoms. The van der Waals surface area contributed by atoms with Gasteiger partial charge in [-0.3, -0.25) is 4.79 Å². The first-order chi connectivity index (χ1) is 61.2. The van der Waals surface area contributed by atoms with Crippen molar-refractivity contribution in [1.29, 1.82) is 0 Å². The average molecular weight is 1830 g/mol. The summed E-state index contributed by atoms with van der Waals surface area (Å²) >= 11 is 0. The first kappa shape index (κ1) is 123. The molecule has 0 aromatic heterocycles. The van der Waals surface area contributed by atoms with Crippen LogP contribution in [0, 0.1) is 107 Å². The molecule has 130 heavy (non-hydrogen) atoms. The summed E-state index contributed by atoms with van der Waals surface area (Å²) in [7, 11) is 0. The van der Waals surface area contributed by atoms with Gasteiger partial charge >= 0.3 is 5.97 Å². The summed E-state index contributed by atoms with van der Waals surface area (Å²) in [6, 6.07) is 0. The van der Waals surface area contributed by atoms with Crippen molar-refractivity contribution in [2.75, 3.05) is 0 Å². The molecule has 0 saturated carbocycles. The lowest BCUT2D eigenvalue weighted by molar-refractivity contribution is -0.264. The number of ether oxygens (including phenoxy) is 6. The summed E-state index contributed by atoms with van der Waals surface area (Å²) in [5, 5.41) is 12.8. The lowest BCUT2D eigenvalue weighted by Gasteiger charge is -2.48. The highest BCUT2D eigenvalue weighted by atomic mass is 16.6. The second kappa shape index (κ2) is 66.8. The van der Waals surface area contributed by atoms with E-state index in [9.17, 15) is 9.90 Å². The fourth-order valence-corrected chi connectivity index (χ4v) is 24.0. The molecule has 0 aliphatic carbocycles. The Bertz CT molecular complexity index is 2720. The van der Waals surface area contributed by atoms with Crippen molar-refractivity contribution in [2.45, 2.75) is 670 Å². The number of rotatable bonds is 85. The molecule has 24 atom stereocenters. The predicted molar refractivity (Wildman–Crippen MR) is 569 cm³/mol. The number of aliphatic hydroxyl groups is 1. The first-order valence-electron chi connectivity index (χ1n) is 58.5. The predicted octanol–water partition coefficient (Wildman–Crippen LogP) is 38.4. The Kier molecular flexibility index (Phi) is 63.4. The van der Waals surface area contributed by atoms with Gasteiger partial charge < -0.3 is 33.5 Å². The van der Waals surface area contributed by atoms with Gasteiger partial charge in [0.1, 0.15) is 11.7 Å². The fourth-order valence-electron chi connectivity index (χ4n) is 24.0. The van der Waals surface area contributed by atoms with E-state index in [1.54, 1.807) is 6.92 Å². The fraction of sp³-hybridized carbons (Fsp3) is 0.992. The molecule has 8 nitrogen and oxygen atoms in total. The van der Waals surface area contributed by atoms with Gasteiger partial charge in [-0.1, -0.05) is 474 Å². The van der Waals surface area contributed by atoms with Gasteiger partial charge in [-0.25, -0.2) is 0 Å². The Balaban J connectivity index is 2.22. The van der Waals surface area contributed by atoms with Crippen molar-refractivity contribution in [3.8, 4) is 0 Å². The number of epoxide rings is 1. The maximum Gasteiger partial charge on any atom is 0.303 e. The molecule has 24 unspecified atom stereocenters. The van der Waals surface area contributed by atoms with Gasteiger partial charge in [-0.15, -0.1) is 0 Å². The Labute approximate surface area is 816 Å². The van der Waals surface area contributed by atoms with Crippen LogP contribution in [0.15, 0.2) is 0 Å². The summed E-state index contributed by atoms with van der Waals surface area (Å²) < 4.78 is 46.3. The Morgan fingerprint density at radius 1 is 0.292 bits per heavy atom. The first-order valence-corrected chi connectivity index (χ1v) is 58.5. The van der Waals surface area contributed by atoms with Crippen molar-refractivity contribution >= 4 is 5.97 Å². The lowest BCUT2D eigenvalue weighted by Crippen LogP contribution is -2.56. The third-order valence-electron chi connectivity index (χ3n) is 33.9. The van der Waals surface area contributed by atoms with Gasteiger partial charge in [0.05, 0.1) is 58.5 Å². The monoisotopic (exact) mass is 1830 g/mol. The molecule has 0 radical (unpaired) electrons. The summed E-state index contributed by atoms with van der Waals surface area (Å²) in [6.07, 6.45) is 70.5. The zero-order valence-corrected chi connectivity index (χ0v) is 94.1. The maximum atomic E-state index is 14.1. The van der Waals surface area contributed by atoms with Crippen LogP contribution >= 0.6 is 0 Å². The van der Waals surface area contributed by atoms with Gasteiger partial charge in [-0.2, -0.15) is 0 Å². The Hall–Kier alpha value is -0.770. The van der Waals surface area contributed by atoms with Gasteiger partial charge in [0.2, 0.25) is 0 Å². The van der Waals surface area contributed by atoms with E-state index in [1.807, 2.05) is 0 Å². The van der Waals surface area contributed by atoms with Crippen molar-refractivity contribution < 1.29 is 38.3 Å². The minimum absolute atomic E-state index is 0.135. The summed E-state index contributed by atoms with van der Waals surface area (Å²) in [5.74, 6) is 13.0. The molecule has 0 aromatic rings. The molecule has 3 aliphatic rings. The largest absolute Gasteiger partial charge is 0.459 e. The molecule has 0 amide bonds. The molecule has 774 valence electrons. The summed E-state index contributed by atoms with van der Waals surface area (Å²) in [4.78, 5) is 14.1. The van der Waals surface area contributed by atoms with Gasteiger partial charge in [-0.05, 0) is 225 Å². The second-order valence-electron chi connectivity index (χ2n) is 51.9. The number of hydrogen-bond acceptors (Lipinski definition) is 8. The van der Waals surface area contributed by atoms with Crippen molar-refractivity contribution in [3.63, 3.8) is 0 Å². The highest BCUT2D eigenvalue weighted by molar-refractivity contribution is 5.66. The lowest BCUT2D eigenvalue weighted by atomic mass is 9.82. The summed E-state index contributed by atoms with van der Waals surface area (Å²) in [6.45, 7) is 74.3. The third-order valence-corrected chi connectivity index (χ3v) is 33.9. The molecule has 3 rings (SSSR count). The molecule has 3 saturated heterocycles. The van der Waals surface area contributed by atoms with Crippen molar-refractivity contribution in [1.82, 2.24) is 0 Å². The zero-order valence-electron chi connectivity index (χ0n) is 94.1. The number of carbonyl (C=O) groups excluding carboxylic acids is 1. The molecule has 0 aromatic carbocycles. The van der Waals surface area contributed by atoms with E-state index in [0.29, 0.717) is 36.0 Å². The second-order valence-corrected chi connectivity index (χ2v) is 51.9. The summed E-state index contributed by atoms with van der Waals surface area (Å²) in [5.41, 5.74) is -3.82. The van der Waals surface area contributed by atoms with E-state index in [0.717, 1.165) is 199 Å². The van der Waals surface area contributed by atoms with Gasteiger partial charge in [0, 0.05) is 6.92 Å². The highest BCUT2D eigenvalue weighted by Gasteiger charge is 2.57. The van der Waals surface area contributed by atoms with Gasteiger partial charge in [0.15, 0.2) is 0 Å². The molecule has 3 aliphatic heterocycles. The van der Waals surface area contributed by atoms with Crippen molar-refractivity contribution in [3.05, 3.63) is 0 Å². The highest BCUT2D eigenvalue weighted by Crippen LogP contribution is 2.51. The topological polar surface area (TPSA) is 96.0 Å². The Morgan fingerprint density at radius 2 is 0.508 bits per heavy atom. The van der Waals surface area contributed by atoms with Crippen LogP contribution in [-0.4, -0.2) is 81.3 Å². The van der Waals surface area contributed by atoms with Crippen molar-refractivity contribution in [2.24, 2.45) is 107 Å². The van der Waals surface area contributed by atoms with Crippen LogP contribution in [0.5, 0.6) is 0 Å². The smallest absolute Gasteiger partial charge is 0.303 e. The number of esters is 1.